The van der Waals surface area contributed by atoms with Crippen LogP contribution in [0.25, 0.3) is 11.4 Å². The molecule has 4 rings (SSSR count). The second-order valence-corrected chi connectivity index (χ2v) is 6.58. The zero-order chi connectivity index (χ0) is 20.5. The average Bonchev–Trinajstić information content (AvgIpc) is 3.23. The highest BCUT2D eigenvalue weighted by atomic mass is 16.6. The number of rotatable bonds is 5. The van der Waals surface area contributed by atoms with Crippen LogP contribution >= 0.6 is 0 Å². The molecular weight excluding hydrogens is 376 g/mol. The Bertz CT molecular complexity index is 1120. The van der Waals surface area contributed by atoms with Crippen molar-refractivity contribution in [2.24, 2.45) is 0 Å². The molecule has 1 unspecified atom stereocenters. The van der Waals surface area contributed by atoms with E-state index in [2.05, 4.69) is 20.7 Å². The minimum absolute atomic E-state index is 0.129. The first kappa shape index (κ1) is 18.3. The largest absolute Gasteiger partial charge is 0.326 e. The minimum atomic E-state index is -0.853. The van der Waals surface area contributed by atoms with Crippen LogP contribution in [-0.2, 0) is 9.59 Å². The Balaban J connectivity index is 1.53. The van der Waals surface area contributed by atoms with Crippen molar-refractivity contribution in [2.75, 3.05) is 10.6 Å². The van der Waals surface area contributed by atoms with Crippen LogP contribution in [0.15, 0.2) is 48.5 Å². The molecule has 0 radical (unpaired) electrons. The number of aromatic nitrogens is 3. The lowest BCUT2D eigenvalue weighted by molar-refractivity contribution is -0.384. The van der Waals surface area contributed by atoms with Gasteiger partial charge in [-0.1, -0.05) is 36.4 Å². The molecule has 2 aromatic carbocycles. The van der Waals surface area contributed by atoms with E-state index in [1.165, 1.54) is 16.8 Å². The quantitative estimate of drug-likeness (QED) is 0.507. The summed E-state index contributed by atoms with van der Waals surface area (Å²) in [7, 11) is 0. The van der Waals surface area contributed by atoms with Crippen molar-refractivity contribution in [1.82, 2.24) is 14.8 Å². The first-order valence-corrected chi connectivity index (χ1v) is 8.80. The standard InChI is InChI=1S/C19H16N6O4/c1-11-7-8-13(25(28)29)9-14(11)20-16(26)10-15-18(27)22-19-21-17(23-24(15)19)12-5-3-2-4-6-12/h2-9,15H,10H2,1H3,(H,20,26)(H,21,22,23,27). The number of carbonyl (C=O) groups is 2. The Morgan fingerprint density at radius 1 is 1.28 bits per heavy atom. The summed E-state index contributed by atoms with van der Waals surface area (Å²) in [6.45, 7) is 1.73. The van der Waals surface area contributed by atoms with Crippen LogP contribution in [0.4, 0.5) is 17.3 Å². The fraction of sp³-hybridized carbons (Fsp3) is 0.158. The molecule has 10 nitrogen and oxygen atoms in total. The fourth-order valence-electron chi connectivity index (χ4n) is 3.05. The number of nitrogens with zero attached hydrogens (tertiary/aromatic N) is 4. The van der Waals surface area contributed by atoms with Crippen molar-refractivity contribution in [2.45, 2.75) is 19.4 Å². The number of aryl methyl sites for hydroxylation is 1. The molecule has 0 bridgehead atoms. The predicted octanol–water partition coefficient (Wildman–Crippen LogP) is 2.68. The second-order valence-electron chi connectivity index (χ2n) is 6.58. The van der Waals surface area contributed by atoms with Crippen molar-refractivity contribution in [1.29, 1.82) is 0 Å². The Hall–Kier alpha value is -4.08. The molecule has 1 aliphatic heterocycles. The van der Waals surface area contributed by atoms with E-state index in [1.54, 1.807) is 13.0 Å². The van der Waals surface area contributed by atoms with E-state index >= 15 is 0 Å². The third kappa shape index (κ3) is 3.55. The summed E-state index contributed by atoms with van der Waals surface area (Å²) in [5, 5.41) is 20.6. The highest BCUT2D eigenvalue weighted by Crippen LogP contribution is 2.29. The van der Waals surface area contributed by atoms with Gasteiger partial charge in [0.05, 0.1) is 17.0 Å². The number of nitro benzene ring substituents is 1. The number of hydrogen-bond donors (Lipinski definition) is 2. The zero-order valence-electron chi connectivity index (χ0n) is 15.3. The van der Waals surface area contributed by atoms with E-state index in [0.717, 1.165) is 5.56 Å². The van der Waals surface area contributed by atoms with Crippen molar-refractivity contribution < 1.29 is 14.5 Å². The van der Waals surface area contributed by atoms with Gasteiger partial charge in [0.25, 0.3) is 11.6 Å². The summed E-state index contributed by atoms with van der Waals surface area (Å²) in [5.41, 5.74) is 1.66. The number of amides is 2. The molecule has 29 heavy (non-hydrogen) atoms. The van der Waals surface area contributed by atoms with Crippen molar-refractivity contribution in [3.8, 4) is 11.4 Å². The lowest BCUT2D eigenvalue weighted by Gasteiger charge is -2.11. The lowest BCUT2D eigenvalue weighted by Crippen LogP contribution is -2.24. The van der Waals surface area contributed by atoms with Gasteiger partial charge in [-0.15, -0.1) is 5.10 Å². The lowest BCUT2D eigenvalue weighted by atomic mass is 10.1. The SMILES string of the molecule is Cc1ccc([N+](=O)[O-])cc1NC(=O)CC1C(=O)Nc2nc(-c3ccccc3)nn21. The van der Waals surface area contributed by atoms with E-state index in [1.807, 2.05) is 30.3 Å². The summed E-state index contributed by atoms with van der Waals surface area (Å²) in [5.74, 6) is -0.123. The number of nitro groups is 1. The number of fused-ring (bicyclic) bond motifs is 1. The molecule has 0 spiro atoms. The zero-order valence-corrected chi connectivity index (χ0v) is 15.3. The highest BCUT2D eigenvalue weighted by Gasteiger charge is 2.35. The van der Waals surface area contributed by atoms with Gasteiger partial charge in [-0.25, -0.2) is 4.68 Å². The average molecular weight is 392 g/mol. The third-order valence-corrected chi connectivity index (χ3v) is 4.58. The van der Waals surface area contributed by atoms with E-state index in [0.29, 0.717) is 17.1 Å². The molecule has 2 amide bonds. The van der Waals surface area contributed by atoms with Gasteiger partial charge in [-0.2, -0.15) is 4.98 Å². The predicted molar refractivity (Wildman–Crippen MR) is 104 cm³/mol. The maximum Gasteiger partial charge on any atom is 0.271 e. The molecule has 1 aromatic heterocycles. The molecule has 2 N–H and O–H groups in total. The van der Waals surface area contributed by atoms with E-state index in [9.17, 15) is 19.7 Å². The van der Waals surface area contributed by atoms with Gasteiger partial charge >= 0.3 is 0 Å². The number of benzene rings is 2. The van der Waals surface area contributed by atoms with Crippen LogP contribution in [0.1, 0.15) is 18.0 Å². The Labute approximate surface area is 164 Å². The van der Waals surface area contributed by atoms with Crippen molar-refractivity contribution in [3.63, 3.8) is 0 Å². The van der Waals surface area contributed by atoms with Gasteiger partial charge in [0, 0.05) is 17.7 Å². The summed E-state index contributed by atoms with van der Waals surface area (Å²) in [4.78, 5) is 39.5. The van der Waals surface area contributed by atoms with Gasteiger partial charge in [0.15, 0.2) is 5.82 Å². The van der Waals surface area contributed by atoms with Crippen LogP contribution in [0, 0.1) is 17.0 Å². The summed E-state index contributed by atoms with van der Waals surface area (Å²) >= 11 is 0. The van der Waals surface area contributed by atoms with Gasteiger partial charge in [-0.05, 0) is 12.5 Å². The van der Waals surface area contributed by atoms with Crippen LogP contribution in [0.2, 0.25) is 0 Å². The molecular formula is C19H16N6O4. The summed E-state index contributed by atoms with van der Waals surface area (Å²) in [6, 6.07) is 12.6. The first-order chi connectivity index (χ1) is 13.9. The molecule has 3 aromatic rings. The van der Waals surface area contributed by atoms with E-state index in [4.69, 9.17) is 0 Å². The number of non-ortho nitro benzene ring substituents is 1. The van der Waals surface area contributed by atoms with E-state index in [-0.39, 0.29) is 24.0 Å². The highest BCUT2D eigenvalue weighted by molar-refractivity contribution is 6.01. The Morgan fingerprint density at radius 3 is 2.76 bits per heavy atom. The maximum atomic E-state index is 12.5. The van der Waals surface area contributed by atoms with Crippen LogP contribution in [0.3, 0.4) is 0 Å². The number of anilines is 2. The molecule has 0 aliphatic carbocycles. The Kier molecular flexibility index (Phi) is 4.51. The van der Waals surface area contributed by atoms with Gasteiger partial charge in [0.2, 0.25) is 11.9 Å². The molecule has 146 valence electrons. The van der Waals surface area contributed by atoms with Crippen LogP contribution in [0.5, 0.6) is 0 Å². The Morgan fingerprint density at radius 2 is 2.03 bits per heavy atom. The molecule has 1 aliphatic rings. The maximum absolute atomic E-state index is 12.5. The van der Waals surface area contributed by atoms with Crippen LogP contribution < -0.4 is 10.6 Å². The van der Waals surface area contributed by atoms with Crippen LogP contribution in [-0.4, -0.2) is 31.5 Å². The first-order valence-electron chi connectivity index (χ1n) is 8.80. The third-order valence-electron chi connectivity index (χ3n) is 4.58. The number of nitrogens with one attached hydrogen (secondary N) is 2. The molecule has 0 fully saturated rings. The smallest absolute Gasteiger partial charge is 0.271 e. The van der Waals surface area contributed by atoms with E-state index < -0.39 is 16.9 Å². The normalized spacial score (nSPS) is 14.9. The molecule has 0 saturated heterocycles. The van der Waals surface area contributed by atoms with Gasteiger partial charge in [-0.3, -0.25) is 25.0 Å². The minimum Gasteiger partial charge on any atom is -0.326 e. The molecule has 1 atom stereocenters. The van der Waals surface area contributed by atoms with Gasteiger partial charge < -0.3 is 5.32 Å². The number of hydrogen-bond acceptors (Lipinski definition) is 6. The topological polar surface area (TPSA) is 132 Å². The van der Waals surface area contributed by atoms with Crippen molar-refractivity contribution >= 4 is 29.1 Å². The fourth-order valence-corrected chi connectivity index (χ4v) is 3.05. The summed E-state index contributed by atoms with van der Waals surface area (Å²) < 4.78 is 1.39. The molecule has 10 heteroatoms. The molecule has 0 saturated carbocycles. The van der Waals surface area contributed by atoms with Crippen molar-refractivity contribution in [3.05, 3.63) is 64.2 Å². The number of carbonyl (C=O) groups excluding carboxylic acids is 2. The monoisotopic (exact) mass is 392 g/mol. The second kappa shape index (κ2) is 7.15. The van der Waals surface area contributed by atoms with Gasteiger partial charge in [0.1, 0.15) is 6.04 Å². The summed E-state index contributed by atoms with van der Waals surface area (Å²) in [6.07, 6.45) is -0.182. The molecule has 2 heterocycles.